The van der Waals surface area contributed by atoms with Crippen LogP contribution >= 0.6 is 0 Å². The molecular formula is C18H24FNO7S. The molecule has 4 atom stereocenters. The second kappa shape index (κ2) is 8.83. The normalized spacial score (nSPS) is 29.4. The maximum absolute atomic E-state index is 13.2. The number of ether oxygens (including phenoxy) is 3. The van der Waals surface area contributed by atoms with Gasteiger partial charge in [-0.3, -0.25) is 4.79 Å². The molecular weight excluding hydrogens is 393 g/mol. The summed E-state index contributed by atoms with van der Waals surface area (Å²) < 4.78 is 56.9. The molecule has 0 spiro atoms. The molecule has 1 N–H and O–H groups in total. The van der Waals surface area contributed by atoms with Crippen molar-refractivity contribution in [1.29, 1.82) is 0 Å². The molecule has 2 aliphatic rings. The van der Waals surface area contributed by atoms with E-state index in [1.165, 1.54) is 23.5 Å². The van der Waals surface area contributed by atoms with E-state index in [-0.39, 0.29) is 31.1 Å². The van der Waals surface area contributed by atoms with E-state index in [1.807, 2.05) is 0 Å². The van der Waals surface area contributed by atoms with Crippen molar-refractivity contribution in [3.05, 3.63) is 30.1 Å². The number of hydrogen-bond acceptors (Lipinski definition) is 7. The number of sulfonamides is 1. The van der Waals surface area contributed by atoms with Gasteiger partial charge >= 0.3 is 5.97 Å². The van der Waals surface area contributed by atoms with E-state index < -0.39 is 46.2 Å². The van der Waals surface area contributed by atoms with Crippen LogP contribution in [0, 0.1) is 5.82 Å². The topological polar surface area (TPSA) is 102 Å². The van der Waals surface area contributed by atoms with Gasteiger partial charge in [-0.25, -0.2) is 12.8 Å². The zero-order chi connectivity index (χ0) is 20.3. The van der Waals surface area contributed by atoms with E-state index >= 15 is 0 Å². The first-order chi connectivity index (χ1) is 13.3. The molecule has 156 valence electrons. The Hall–Kier alpha value is -1.59. The molecule has 0 amide bonds. The monoisotopic (exact) mass is 417 g/mol. The van der Waals surface area contributed by atoms with E-state index in [9.17, 15) is 22.7 Å². The number of carbonyl (C=O) groups is 1. The highest BCUT2D eigenvalue weighted by Gasteiger charge is 2.43. The van der Waals surface area contributed by atoms with Crippen LogP contribution in [0.4, 0.5) is 4.39 Å². The summed E-state index contributed by atoms with van der Waals surface area (Å²) in [6.07, 6.45) is -1.01. The molecule has 1 aromatic carbocycles. The Balaban J connectivity index is 1.86. The first-order valence-corrected chi connectivity index (χ1v) is 10.5. The SMILES string of the molecule is COC(=O)C[C@H]1CC[C@H]2[C@@H](COC[C@H](O)CN2S(=O)(=O)c2ccc(F)cc2)O1. The lowest BCUT2D eigenvalue weighted by Gasteiger charge is -2.43. The van der Waals surface area contributed by atoms with E-state index in [4.69, 9.17) is 9.47 Å². The first-order valence-electron chi connectivity index (χ1n) is 9.06. The standard InChI is InChI=1S/C18H24FNO7S/c1-25-18(22)8-14-4-7-16-17(27-14)11-26-10-13(21)9-20(16)28(23,24)15-5-2-12(19)3-6-15/h2-3,5-6,13-14,16-17,21H,4,7-11H2,1H3/t13-,14-,16+,17-/m1/s1. The summed E-state index contributed by atoms with van der Waals surface area (Å²) in [5, 5.41) is 10.1. The fraction of sp³-hybridized carbons (Fsp3) is 0.611. The van der Waals surface area contributed by atoms with Crippen molar-refractivity contribution in [2.24, 2.45) is 0 Å². The lowest BCUT2D eigenvalue weighted by Crippen LogP contribution is -2.57. The van der Waals surface area contributed by atoms with E-state index in [1.54, 1.807) is 0 Å². The largest absolute Gasteiger partial charge is 0.469 e. The Labute approximate surface area is 163 Å². The second-order valence-electron chi connectivity index (χ2n) is 6.94. The zero-order valence-corrected chi connectivity index (χ0v) is 16.3. The Morgan fingerprint density at radius 2 is 2.00 bits per heavy atom. The van der Waals surface area contributed by atoms with Crippen LogP contribution in [0.5, 0.6) is 0 Å². The first kappa shape index (κ1) is 21.1. The van der Waals surface area contributed by atoms with E-state index in [2.05, 4.69) is 4.74 Å². The van der Waals surface area contributed by atoms with E-state index in [0.717, 1.165) is 12.1 Å². The molecule has 0 unspecified atom stereocenters. The van der Waals surface area contributed by atoms with Gasteiger partial charge in [-0.05, 0) is 37.1 Å². The number of hydrogen-bond donors (Lipinski definition) is 1. The average molecular weight is 417 g/mol. The van der Waals surface area contributed by atoms with Gasteiger partial charge in [0.2, 0.25) is 10.0 Å². The maximum Gasteiger partial charge on any atom is 0.308 e. The number of β-amino-alcohol motifs (C(OH)–C–C–N with tert-alkyl or cyclic N) is 1. The summed E-state index contributed by atoms with van der Waals surface area (Å²) in [5.41, 5.74) is 0. The van der Waals surface area contributed by atoms with Crippen LogP contribution in [0.3, 0.4) is 0 Å². The highest BCUT2D eigenvalue weighted by molar-refractivity contribution is 7.89. The number of nitrogens with zero attached hydrogens (tertiary/aromatic N) is 1. The summed E-state index contributed by atoms with van der Waals surface area (Å²) in [7, 11) is -2.69. The number of methoxy groups -OCH3 is 1. The van der Waals surface area contributed by atoms with Gasteiger partial charge in [0.25, 0.3) is 0 Å². The molecule has 0 aliphatic carbocycles. The smallest absolute Gasteiger partial charge is 0.308 e. The molecule has 0 aromatic heterocycles. The van der Waals surface area contributed by atoms with Gasteiger partial charge in [0.1, 0.15) is 5.82 Å². The third kappa shape index (κ3) is 4.69. The number of rotatable bonds is 4. The number of fused-ring (bicyclic) bond motifs is 1. The van der Waals surface area contributed by atoms with Gasteiger partial charge < -0.3 is 19.3 Å². The van der Waals surface area contributed by atoms with Crippen LogP contribution in [0.2, 0.25) is 0 Å². The van der Waals surface area contributed by atoms with Crippen molar-refractivity contribution < 1.29 is 36.9 Å². The van der Waals surface area contributed by atoms with Gasteiger partial charge in [0.05, 0.1) is 56.0 Å². The highest BCUT2D eigenvalue weighted by atomic mass is 32.2. The lowest BCUT2D eigenvalue weighted by molar-refractivity contribution is -0.157. The number of aliphatic hydroxyl groups is 1. The van der Waals surface area contributed by atoms with Gasteiger partial charge in [-0.1, -0.05) is 0 Å². The second-order valence-corrected chi connectivity index (χ2v) is 8.83. The van der Waals surface area contributed by atoms with Crippen molar-refractivity contribution in [3.8, 4) is 0 Å². The van der Waals surface area contributed by atoms with Gasteiger partial charge in [0.15, 0.2) is 0 Å². The van der Waals surface area contributed by atoms with Crippen LogP contribution < -0.4 is 0 Å². The summed E-state index contributed by atoms with van der Waals surface area (Å²) >= 11 is 0. The predicted octanol–water partition coefficient (Wildman–Crippen LogP) is 0.687. The lowest BCUT2D eigenvalue weighted by atomic mass is 9.96. The fourth-order valence-electron chi connectivity index (χ4n) is 3.58. The van der Waals surface area contributed by atoms with Crippen molar-refractivity contribution in [1.82, 2.24) is 4.31 Å². The molecule has 2 saturated heterocycles. The minimum Gasteiger partial charge on any atom is -0.469 e. The molecule has 2 aliphatic heterocycles. The minimum atomic E-state index is -3.99. The average Bonchev–Trinajstić information content (AvgIpc) is 2.65. The Kier molecular flexibility index (Phi) is 6.66. The quantitative estimate of drug-likeness (QED) is 0.719. The van der Waals surface area contributed by atoms with Gasteiger partial charge in [-0.2, -0.15) is 4.31 Å². The molecule has 1 aromatic rings. The Bertz CT molecular complexity index is 786. The Morgan fingerprint density at radius 3 is 2.68 bits per heavy atom. The summed E-state index contributed by atoms with van der Waals surface area (Å²) in [5.74, 6) is -0.939. The molecule has 0 bridgehead atoms. The zero-order valence-electron chi connectivity index (χ0n) is 15.5. The number of carbonyl (C=O) groups excluding carboxylic acids is 1. The molecule has 2 heterocycles. The number of benzene rings is 1. The third-order valence-corrected chi connectivity index (χ3v) is 6.88. The van der Waals surface area contributed by atoms with Gasteiger partial charge in [-0.15, -0.1) is 0 Å². The number of esters is 1. The van der Waals surface area contributed by atoms with Crippen molar-refractivity contribution in [2.45, 2.75) is 48.5 Å². The van der Waals surface area contributed by atoms with Crippen molar-refractivity contribution >= 4 is 16.0 Å². The number of aliphatic hydroxyl groups excluding tert-OH is 1. The van der Waals surface area contributed by atoms with Crippen LogP contribution in [0.15, 0.2) is 29.2 Å². The summed E-state index contributed by atoms with van der Waals surface area (Å²) in [6, 6.07) is 3.99. The molecule has 0 radical (unpaired) electrons. The Morgan fingerprint density at radius 1 is 1.29 bits per heavy atom. The highest BCUT2D eigenvalue weighted by Crippen LogP contribution is 2.31. The van der Waals surface area contributed by atoms with Crippen LogP contribution in [-0.2, 0) is 29.0 Å². The molecule has 8 nitrogen and oxygen atoms in total. The molecule has 10 heteroatoms. The third-order valence-electron chi connectivity index (χ3n) is 4.98. The summed E-state index contributed by atoms with van der Waals surface area (Å²) in [6.45, 7) is -0.107. The maximum atomic E-state index is 13.2. The molecule has 0 saturated carbocycles. The van der Waals surface area contributed by atoms with Crippen molar-refractivity contribution in [2.75, 3.05) is 26.9 Å². The van der Waals surface area contributed by atoms with Crippen LogP contribution in [0.1, 0.15) is 19.3 Å². The molecule has 3 rings (SSSR count). The fourth-order valence-corrected chi connectivity index (χ4v) is 5.30. The van der Waals surface area contributed by atoms with Crippen LogP contribution in [-0.4, -0.2) is 75.0 Å². The van der Waals surface area contributed by atoms with Crippen LogP contribution in [0.25, 0.3) is 0 Å². The number of halogens is 1. The minimum absolute atomic E-state index is 0.0380. The van der Waals surface area contributed by atoms with E-state index in [0.29, 0.717) is 12.8 Å². The molecule has 2 fully saturated rings. The van der Waals surface area contributed by atoms with Gasteiger partial charge in [0, 0.05) is 6.54 Å². The van der Waals surface area contributed by atoms with Crippen molar-refractivity contribution in [3.63, 3.8) is 0 Å². The predicted molar refractivity (Wildman–Crippen MR) is 95.4 cm³/mol. The summed E-state index contributed by atoms with van der Waals surface area (Å²) in [4.78, 5) is 11.5. The molecule has 28 heavy (non-hydrogen) atoms.